The van der Waals surface area contributed by atoms with Crippen molar-refractivity contribution in [2.24, 2.45) is 5.41 Å². The summed E-state index contributed by atoms with van der Waals surface area (Å²) in [6.07, 6.45) is 3.68. The smallest absolute Gasteiger partial charge is 0.138 e. The highest BCUT2D eigenvalue weighted by atomic mass is 35.5. The Morgan fingerprint density at radius 2 is 2.11 bits per heavy atom. The van der Waals surface area contributed by atoms with E-state index in [0.717, 1.165) is 5.56 Å². The van der Waals surface area contributed by atoms with Crippen molar-refractivity contribution in [2.45, 2.75) is 45.7 Å². The minimum atomic E-state index is 0.129. The molecule has 2 nitrogen and oxygen atoms in total. The van der Waals surface area contributed by atoms with Crippen molar-refractivity contribution < 1.29 is 5.11 Å². The molecular formula is C14H19Cl2NO. The summed E-state index contributed by atoms with van der Waals surface area (Å²) in [6, 6.07) is 3.80. The standard InChI is InChI=1S/C14H19Cl2NO/c1-14(2)5-3-4-12(14)17-8-9-6-10(15)7-11(16)13(9)18/h6-7,12,17-18H,3-5,8H2,1-2H3. The second kappa shape index (κ2) is 5.28. The van der Waals surface area contributed by atoms with Gasteiger partial charge >= 0.3 is 0 Å². The number of hydrogen-bond donors (Lipinski definition) is 2. The van der Waals surface area contributed by atoms with Crippen LogP contribution in [0.15, 0.2) is 12.1 Å². The zero-order valence-corrected chi connectivity index (χ0v) is 12.3. The Kier molecular flexibility index (Phi) is 4.10. The average Bonchev–Trinajstić information content (AvgIpc) is 2.61. The molecule has 1 aliphatic carbocycles. The normalized spacial score (nSPS) is 22.3. The summed E-state index contributed by atoms with van der Waals surface area (Å²) in [4.78, 5) is 0. The van der Waals surface area contributed by atoms with Crippen LogP contribution in [0.4, 0.5) is 0 Å². The topological polar surface area (TPSA) is 32.3 Å². The summed E-state index contributed by atoms with van der Waals surface area (Å²) in [5, 5.41) is 14.3. The van der Waals surface area contributed by atoms with Gasteiger partial charge in [-0.3, -0.25) is 0 Å². The summed E-state index contributed by atoms with van der Waals surface area (Å²) in [5.41, 5.74) is 1.08. The SMILES string of the molecule is CC1(C)CCCC1NCc1cc(Cl)cc(Cl)c1O. The molecule has 1 aromatic carbocycles. The van der Waals surface area contributed by atoms with E-state index in [4.69, 9.17) is 23.2 Å². The van der Waals surface area contributed by atoms with E-state index in [-0.39, 0.29) is 5.75 Å². The molecule has 0 spiro atoms. The van der Waals surface area contributed by atoms with Crippen LogP contribution in [0, 0.1) is 5.41 Å². The number of phenols is 1. The van der Waals surface area contributed by atoms with Gasteiger partial charge in [-0.25, -0.2) is 0 Å². The molecule has 0 amide bonds. The third kappa shape index (κ3) is 2.93. The minimum Gasteiger partial charge on any atom is -0.506 e. The largest absolute Gasteiger partial charge is 0.506 e. The number of hydrogen-bond acceptors (Lipinski definition) is 2. The molecule has 2 N–H and O–H groups in total. The Morgan fingerprint density at radius 3 is 2.72 bits per heavy atom. The van der Waals surface area contributed by atoms with Gasteiger partial charge in [0.25, 0.3) is 0 Å². The van der Waals surface area contributed by atoms with E-state index in [9.17, 15) is 5.11 Å². The fourth-order valence-corrected chi connectivity index (χ4v) is 3.23. The van der Waals surface area contributed by atoms with Crippen LogP contribution in [-0.2, 0) is 6.54 Å². The van der Waals surface area contributed by atoms with Gasteiger partial charge in [-0.1, -0.05) is 43.5 Å². The molecule has 0 saturated heterocycles. The second-order valence-electron chi connectivity index (χ2n) is 5.71. The molecule has 1 fully saturated rings. The van der Waals surface area contributed by atoms with Crippen LogP contribution >= 0.6 is 23.2 Å². The van der Waals surface area contributed by atoms with Crippen LogP contribution in [0.2, 0.25) is 10.0 Å². The molecule has 0 aromatic heterocycles. The lowest BCUT2D eigenvalue weighted by Gasteiger charge is -2.28. The van der Waals surface area contributed by atoms with Crippen LogP contribution in [-0.4, -0.2) is 11.1 Å². The quantitative estimate of drug-likeness (QED) is 0.865. The van der Waals surface area contributed by atoms with Gasteiger partial charge in [-0.05, 0) is 30.4 Å². The molecule has 0 aliphatic heterocycles. The Morgan fingerprint density at radius 1 is 1.39 bits per heavy atom. The van der Waals surface area contributed by atoms with Crippen molar-refractivity contribution in [1.82, 2.24) is 5.32 Å². The maximum atomic E-state index is 9.90. The van der Waals surface area contributed by atoms with Crippen LogP contribution in [0.25, 0.3) is 0 Å². The van der Waals surface area contributed by atoms with E-state index >= 15 is 0 Å². The van der Waals surface area contributed by atoms with Crippen molar-refractivity contribution in [3.63, 3.8) is 0 Å². The third-order valence-corrected chi connectivity index (χ3v) is 4.41. The van der Waals surface area contributed by atoms with Crippen molar-refractivity contribution in [3.05, 3.63) is 27.7 Å². The van der Waals surface area contributed by atoms with Crippen molar-refractivity contribution in [2.75, 3.05) is 0 Å². The lowest BCUT2D eigenvalue weighted by molar-refractivity contribution is 0.281. The molecule has 1 unspecified atom stereocenters. The number of benzene rings is 1. The predicted molar refractivity (Wildman–Crippen MR) is 76.4 cm³/mol. The summed E-state index contributed by atoms with van der Waals surface area (Å²) >= 11 is 11.9. The Bertz CT molecular complexity index is 446. The van der Waals surface area contributed by atoms with Crippen LogP contribution in [0.3, 0.4) is 0 Å². The first-order chi connectivity index (χ1) is 8.40. The molecule has 1 saturated carbocycles. The number of halogens is 2. The molecule has 2 rings (SSSR count). The highest BCUT2D eigenvalue weighted by molar-refractivity contribution is 6.35. The van der Waals surface area contributed by atoms with E-state index in [0.29, 0.717) is 28.0 Å². The van der Waals surface area contributed by atoms with Gasteiger partial charge in [-0.15, -0.1) is 0 Å². The molecule has 1 atom stereocenters. The number of phenolic OH excluding ortho intramolecular Hbond substituents is 1. The number of nitrogens with one attached hydrogen (secondary N) is 1. The van der Waals surface area contributed by atoms with Gasteiger partial charge in [0.15, 0.2) is 0 Å². The van der Waals surface area contributed by atoms with E-state index in [1.54, 1.807) is 12.1 Å². The summed E-state index contributed by atoms with van der Waals surface area (Å²) in [6.45, 7) is 5.16. The van der Waals surface area contributed by atoms with Crippen molar-refractivity contribution >= 4 is 23.2 Å². The number of aromatic hydroxyl groups is 1. The maximum absolute atomic E-state index is 9.90. The average molecular weight is 288 g/mol. The maximum Gasteiger partial charge on any atom is 0.138 e. The van der Waals surface area contributed by atoms with Gasteiger partial charge < -0.3 is 10.4 Å². The molecule has 0 bridgehead atoms. The fraction of sp³-hybridized carbons (Fsp3) is 0.571. The second-order valence-corrected chi connectivity index (χ2v) is 6.55. The summed E-state index contributed by atoms with van der Waals surface area (Å²) < 4.78 is 0. The molecule has 0 radical (unpaired) electrons. The first-order valence-corrected chi connectivity index (χ1v) is 7.06. The zero-order valence-electron chi connectivity index (χ0n) is 10.8. The fourth-order valence-electron chi connectivity index (χ4n) is 2.69. The van der Waals surface area contributed by atoms with Gasteiger partial charge in [0.05, 0.1) is 5.02 Å². The third-order valence-electron chi connectivity index (χ3n) is 3.90. The summed E-state index contributed by atoms with van der Waals surface area (Å²) in [5.74, 6) is 0.129. The molecule has 0 heterocycles. The van der Waals surface area contributed by atoms with Crippen molar-refractivity contribution in [3.8, 4) is 5.75 Å². The minimum absolute atomic E-state index is 0.129. The Balaban J connectivity index is 2.07. The monoisotopic (exact) mass is 287 g/mol. The van der Waals surface area contributed by atoms with Gasteiger partial charge in [0.2, 0.25) is 0 Å². The number of rotatable bonds is 3. The Labute approximate surface area is 118 Å². The van der Waals surface area contributed by atoms with E-state index in [1.165, 1.54) is 19.3 Å². The predicted octanol–water partition coefficient (Wildman–Crippen LogP) is 4.37. The molecule has 18 heavy (non-hydrogen) atoms. The van der Waals surface area contributed by atoms with Crippen LogP contribution < -0.4 is 5.32 Å². The zero-order chi connectivity index (χ0) is 13.3. The molecule has 1 aliphatic rings. The highest BCUT2D eigenvalue weighted by Crippen LogP contribution is 2.38. The lowest BCUT2D eigenvalue weighted by atomic mass is 9.87. The summed E-state index contributed by atoms with van der Waals surface area (Å²) in [7, 11) is 0. The lowest BCUT2D eigenvalue weighted by Crippen LogP contribution is -2.37. The van der Waals surface area contributed by atoms with E-state index in [2.05, 4.69) is 19.2 Å². The Hall–Kier alpha value is -0.440. The van der Waals surface area contributed by atoms with Crippen molar-refractivity contribution in [1.29, 1.82) is 0 Å². The molecule has 4 heteroatoms. The van der Waals surface area contributed by atoms with Gasteiger partial charge in [-0.2, -0.15) is 0 Å². The highest BCUT2D eigenvalue weighted by Gasteiger charge is 2.33. The van der Waals surface area contributed by atoms with Crippen LogP contribution in [0.5, 0.6) is 5.75 Å². The van der Waals surface area contributed by atoms with Crippen LogP contribution in [0.1, 0.15) is 38.7 Å². The van der Waals surface area contributed by atoms with E-state index < -0.39 is 0 Å². The van der Waals surface area contributed by atoms with Gasteiger partial charge in [0.1, 0.15) is 5.75 Å². The molecule has 100 valence electrons. The first kappa shape index (κ1) is 14.0. The van der Waals surface area contributed by atoms with Gasteiger partial charge in [0, 0.05) is 23.2 Å². The van der Waals surface area contributed by atoms with E-state index in [1.807, 2.05) is 0 Å². The molecular weight excluding hydrogens is 269 g/mol. The molecule has 1 aromatic rings. The first-order valence-electron chi connectivity index (χ1n) is 6.30.